The normalized spacial score (nSPS) is 11.2. The molecule has 1 aromatic carbocycles. The molecule has 0 N–H and O–H groups in total. The lowest BCUT2D eigenvalue weighted by atomic mass is 10.1. The first kappa shape index (κ1) is 27.8. The average molecular weight is 469 g/mol. The second kappa shape index (κ2) is 19.0. The fourth-order valence-corrected chi connectivity index (χ4v) is 3.49. The number of nitrogens with zero attached hydrogens (tertiary/aromatic N) is 2. The molecule has 188 valence electrons. The number of rotatable bonds is 20. The van der Waals surface area contributed by atoms with E-state index in [1.54, 1.807) is 12.4 Å². The van der Waals surface area contributed by atoms with Crippen molar-refractivity contribution in [3.05, 3.63) is 48.8 Å². The van der Waals surface area contributed by atoms with Crippen LogP contribution in [0.3, 0.4) is 0 Å². The zero-order chi connectivity index (χ0) is 24.1. The van der Waals surface area contributed by atoms with Crippen molar-refractivity contribution in [2.45, 2.75) is 84.5 Å². The van der Waals surface area contributed by atoms with Gasteiger partial charge >= 0.3 is 0 Å². The lowest BCUT2D eigenvalue weighted by Gasteiger charge is -2.08. The minimum atomic E-state index is 0.598. The molecule has 1 aromatic heterocycles. The molecule has 5 heteroatoms. The van der Waals surface area contributed by atoms with Crippen LogP contribution in [0, 0.1) is 0 Å². The SMILES string of the molecule is CCCCCC/C=C/COc1ccc(-c2ncc(OCCCCOCCCCCC)cn2)cc1. The summed E-state index contributed by atoms with van der Waals surface area (Å²) in [5, 5.41) is 0. The highest BCUT2D eigenvalue weighted by Crippen LogP contribution is 2.20. The highest BCUT2D eigenvalue weighted by Gasteiger charge is 2.03. The van der Waals surface area contributed by atoms with Gasteiger partial charge in [-0.05, 0) is 56.4 Å². The summed E-state index contributed by atoms with van der Waals surface area (Å²) in [7, 11) is 0. The Bertz CT molecular complexity index is 760. The standard InChI is InChI=1S/C29H44N2O3/c1-3-5-7-9-10-11-13-22-33-27-18-16-26(17-19-27)29-30-24-28(25-31-29)34-23-15-14-21-32-20-12-8-6-4-2/h11,13,16-19,24-25H,3-10,12,14-15,20-23H2,1-2H3/b13-11+. The van der Waals surface area contributed by atoms with Crippen LogP contribution in [-0.4, -0.2) is 36.4 Å². The van der Waals surface area contributed by atoms with Gasteiger partial charge in [0.05, 0.1) is 19.0 Å². The molecule has 0 spiro atoms. The molecule has 0 radical (unpaired) electrons. The smallest absolute Gasteiger partial charge is 0.159 e. The van der Waals surface area contributed by atoms with Gasteiger partial charge in [-0.1, -0.05) is 64.5 Å². The van der Waals surface area contributed by atoms with Crippen molar-refractivity contribution in [3.8, 4) is 22.9 Å². The number of benzene rings is 1. The van der Waals surface area contributed by atoms with Gasteiger partial charge in [-0.15, -0.1) is 0 Å². The summed E-state index contributed by atoms with van der Waals surface area (Å²) in [4.78, 5) is 8.89. The monoisotopic (exact) mass is 468 g/mol. The topological polar surface area (TPSA) is 53.5 Å². The first-order valence-corrected chi connectivity index (χ1v) is 13.2. The van der Waals surface area contributed by atoms with E-state index >= 15 is 0 Å². The Labute approximate surface area is 207 Å². The highest BCUT2D eigenvalue weighted by atomic mass is 16.5. The molecule has 0 aliphatic heterocycles. The van der Waals surface area contributed by atoms with Crippen LogP contribution in [0.5, 0.6) is 11.5 Å². The maximum absolute atomic E-state index is 5.79. The molecule has 0 aliphatic rings. The molecule has 0 unspecified atom stereocenters. The van der Waals surface area contributed by atoms with Crippen molar-refractivity contribution in [2.24, 2.45) is 0 Å². The van der Waals surface area contributed by atoms with E-state index in [4.69, 9.17) is 14.2 Å². The zero-order valence-corrected chi connectivity index (χ0v) is 21.3. The summed E-state index contributed by atoms with van der Waals surface area (Å²) in [6, 6.07) is 7.90. The number of hydrogen-bond acceptors (Lipinski definition) is 5. The van der Waals surface area contributed by atoms with Crippen LogP contribution in [0.4, 0.5) is 0 Å². The quantitative estimate of drug-likeness (QED) is 0.146. The molecule has 0 amide bonds. The van der Waals surface area contributed by atoms with E-state index in [9.17, 15) is 0 Å². The van der Waals surface area contributed by atoms with Crippen molar-refractivity contribution in [2.75, 3.05) is 26.4 Å². The van der Waals surface area contributed by atoms with Crippen LogP contribution >= 0.6 is 0 Å². The van der Waals surface area contributed by atoms with Crippen LogP contribution in [-0.2, 0) is 4.74 Å². The molecule has 0 saturated heterocycles. The van der Waals surface area contributed by atoms with Crippen LogP contribution in [0.25, 0.3) is 11.4 Å². The lowest BCUT2D eigenvalue weighted by molar-refractivity contribution is 0.122. The van der Waals surface area contributed by atoms with E-state index in [0.29, 0.717) is 24.8 Å². The Morgan fingerprint density at radius 3 is 2.00 bits per heavy atom. The van der Waals surface area contributed by atoms with Gasteiger partial charge < -0.3 is 14.2 Å². The summed E-state index contributed by atoms with van der Waals surface area (Å²) < 4.78 is 17.2. The molecule has 2 rings (SSSR count). The fraction of sp³-hybridized carbons (Fsp3) is 0.586. The summed E-state index contributed by atoms with van der Waals surface area (Å²) in [6.07, 6.45) is 21.1. The van der Waals surface area contributed by atoms with Crippen molar-refractivity contribution in [1.29, 1.82) is 0 Å². The Kier molecular flexibility index (Phi) is 15.5. The van der Waals surface area contributed by atoms with E-state index < -0.39 is 0 Å². The molecular formula is C29H44N2O3. The predicted octanol–water partition coefficient (Wildman–Crippen LogP) is 7.80. The minimum Gasteiger partial charge on any atom is -0.490 e. The molecule has 0 fully saturated rings. The van der Waals surface area contributed by atoms with Gasteiger partial charge in [0.25, 0.3) is 0 Å². The van der Waals surface area contributed by atoms with Crippen molar-refractivity contribution in [3.63, 3.8) is 0 Å². The van der Waals surface area contributed by atoms with Gasteiger partial charge in [-0.2, -0.15) is 0 Å². The third-order valence-corrected chi connectivity index (χ3v) is 5.57. The second-order valence-corrected chi connectivity index (χ2v) is 8.63. The first-order chi connectivity index (χ1) is 16.8. The van der Waals surface area contributed by atoms with Crippen molar-refractivity contribution >= 4 is 0 Å². The van der Waals surface area contributed by atoms with Gasteiger partial charge in [-0.3, -0.25) is 0 Å². The Morgan fingerprint density at radius 1 is 0.647 bits per heavy atom. The summed E-state index contributed by atoms with van der Waals surface area (Å²) in [6.45, 7) is 7.39. The number of allylic oxidation sites excluding steroid dienone is 1. The van der Waals surface area contributed by atoms with E-state index in [1.165, 1.54) is 51.4 Å². The van der Waals surface area contributed by atoms with E-state index in [1.807, 2.05) is 24.3 Å². The predicted molar refractivity (Wildman–Crippen MR) is 141 cm³/mol. The molecule has 2 aromatic rings. The second-order valence-electron chi connectivity index (χ2n) is 8.63. The molecule has 0 aliphatic carbocycles. The molecule has 5 nitrogen and oxygen atoms in total. The molecule has 0 saturated carbocycles. The maximum Gasteiger partial charge on any atom is 0.159 e. The van der Waals surface area contributed by atoms with Crippen LogP contribution < -0.4 is 9.47 Å². The van der Waals surface area contributed by atoms with Gasteiger partial charge in [0.1, 0.15) is 12.4 Å². The summed E-state index contributed by atoms with van der Waals surface area (Å²) >= 11 is 0. The number of aromatic nitrogens is 2. The highest BCUT2D eigenvalue weighted by molar-refractivity contribution is 5.56. The van der Waals surface area contributed by atoms with E-state index in [2.05, 4.69) is 36.0 Å². The number of hydrogen-bond donors (Lipinski definition) is 0. The summed E-state index contributed by atoms with van der Waals surface area (Å²) in [5.41, 5.74) is 0.960. The van der Waals surface area contributed by atoms with Crippen LogP contribution in [0.2, 0.25) is 0 Å². The van der Waals surface area contributed by atoms with E-state index in [0.717, 1.165) is 43.8 Å². The van der Waals surface area contributed by atoms with Crippen LogP contribution in [0.15, 0.2) is 48.8 Å². The average Bonchev–Trinajstić information content (AvgIpc) is 2.87. The molecule has 0 atom stereocenters. The molecule has 1 heterocycles. The molecule has 0 bridgehead atoms. The number of ether oxygens (including phenoxy) is 3. The maximum atomic E-state index is 5.79. The van der Waals surface area contributed by atoms with Crippen LogP contribution in [0.1, 0.15) is 84.5 Å². The summed E-state index contributed by atoms with van der Waals surface area (Å²) in [5.74, 6) is 2.23. The molecule has 34 heavy (non-hydrogen) atoms. The first-order valence-electron chi connectivity index (χ1n) is 13.2. The van der Waals surface area contributed by atoms with E-state index in [-0.39, 0.29) is 0 Å². The van der Waals surface area contributed by atoms with Gasteiger partial charge in [0.15, 0.2) is 11.6 Å². The van der Waals surface area contributed by atoms with Gasteiger partial charge in [0, 0.05) is 18.8 Å². The molecular weight excluding hydrogens is 424 g/mol. The minimum absolute atomic E-state index is 0.598. The van der Waals surface area contributed by atoms with Gasteiger partial charge in [0.2, 0.25) is 0 Å². The van der Waals surface area contributed by atoms with Crippen molar-refractivity contribution in [1.82, 2.24) is 9.97 Å². The Balaban J connectivity index is 1.59. The third-order valence-electron chi connectivity index (χ3n) is 5.57. The lowest BCUT2D eigenvalue weighted by Crippen LogP contribution is -2.02. The van der Waals surface area contributed by atoms with Gasteiger partial charge in [-0.25, -0.2) is 9.97 Å². The zero-order valence-electron chi connectivity index (χ0n) is 21.3. The third kappa shape index (κ3) is 12.7. The Hall–Kier alpha value is -2.40. The fourth-order valence-electron chi connectivity index (χ4n) is 3.49. The largest absolute Gasteiger partial charge is 0.490 e. The number of unbranched alkanes of at least 4 members (excludes halogenated alkanes) is 8. The Morgan fingerprint density at radius 2 is 1.29 bits per heavy atom. The van der Waals surface area contributed by atoms with Crippen molar-refractivity contribution < 1.29 is 14.2 Å².